The number of nitrogens with one attached hydrogen (secondary N) is 2. The van der Waals surface area contributed by atoms with E-state index in [1.807, 2.05) is 33.3 Å². The van der Waals surface area contributed by atoms with Crippen molar-refractivity contribution in [2.24, 2.45) is 7.05 Å². The Balaban J connectivity index is 1.91. The van der Waals surface area contributed by atoms with Gasteiger partial charge < -0.3 is 15.5 Å². The second kappa shape index (κ2) is 6.76. The van der Waals surface area contributed by atoms with Crippen molar-refractivity contribution in [3.63, 3.8) is 0 Å². The second-order valence-electron chi connectivity index (χ2n) is 5.70. The first-order valence-corrected chi connectivity index (χ1v) is 7.39. The summed E-state index contributed by atoms with van der Waals surface area (Å²) >= 11 is 0. The molecule has 0 aromatic carbocycles. The molecule has 0 aliphatic carbocycles. The fourth-order valence-electron chi connectivity index (χ4n) is 2.49. The number of aromatic nitrogens is 2. The molecule has 0 spiro atoms. The van der Waals surface area contributed by atoms with E-state index < -0.39 is 0 Å². The van der Waals surface area contributed by atoms with Crippen LogP contribution in [0.25, 0.3) is 0 Å². The zero-order valence-corrected chi connectivity index (χ0v) is 13.3. The lowest BCUT2D eigenvalue weighted by molar-refractivity contribution is -0.117. The number of hydrogen-bond donors (Lipinski definition) is 2. The second-order valence-corrected chi connectivity index (χ2v) is 5.70. The fourth-order valence-corrected chi connectivity index (χ4v) is 2.49. The minimum atomic E-state index is -0.0241. The lowest BCUT2D eigenvalue weighted by Gasteiger charge is -2.33. The third-order valence-corrected chi connectivity index (χ3v) is 3.82. The third-order valence-electron chi connectivity index (χ3n) is 3.82. The van der Waals surface area contributed by atoms with E-state index in [0.717, 1.165) is 36.5 Å². The van der Waals surface area contributed by atoms with Gasteiger partial charge in [-0.1, -0.05) is 0 Å². The van der Waals surface area contributed by atoms with E-state index in [9.17, 15) is 4.79 Å². The van der Waals surface area contributed by atoms with E-state index in [0.29, 0.717) is 12.6 Å². The molecule has 116 valence electrons. The van der Waals surface area contributed by atoms with Crippen LogP contribution in [0.4, 0.5) is 0 Å². The summed E-state index contributed by atoms with van der Waals surface area (Å²) in [7, 11) is 1.88. The van der Waals surface area contributed by atoms with Crippen LogP contribution < -0.4 is 10.6 Å². The van der Waals surface area contributed by atoms with E-state index in [1.165, 1.54) is 0 Å². The van der Waals surface area contributed by atoms with Gasteiger partial charge in [0.05, 0.1) is 5.69 Å². The van der Waals surface area contributed by atoms with Gasteiger partial charge in [-0.3, -0.25) is 9.48 Å². The Hall–Kier alpha value is -1.82. The molecule has 1 aromatic rings. The van der Waals surface area contributed by atoms with Gasteiger partial charge in [-0.05, 0) is 20.8 Å². The van der Waals surface area contributed by atoms with Crippen LogP contribution in [0.1, 0.15) is 25.1 Å². The average molecular weight is 291 g/mol. The number of aryl methyl sites for hydroxylation is 2. The molecule has 1 unspecified atom stereocenters. The number of carbonyl (C=O) groups is 1. The Labute approximate surface area is 126 Å². The van der Waals surface area contributed by atoms with Crippen molar-refractivity contribution in [3.05, 3.63) is 29.2 Å². The molecule has 1 aliphatic heterocycles. The molecule has 6 nitrogen and oxygen atoms in total. The molecular weight excluding hydrogens is 266 g/mol. The minimum Gasteiger partial charge on any atom is -0.372 e. The highest BCUT2D eigenvalue weighted by Gasteiger charge is 2.16. The van der Waals surface area contributed by atoms with Gasteiger partial charge in [0.2, 0.25) is 5.91 Å². The van der Waals surface area contributed by atoms with Gasteiger partial charge in [0, 0.05) is 62.8 Å². The Morgan fingerprint density at radius 2 is 2.38 bits per heavy atom. The number of carbonyl (C=O) groups excluding carboxylic acids is 1. The zero-order valence-electron chi connectivity index (χ0n) is 13.3. The molecule has 1 aromatic heterocycles. The highest BCUT2D eigenvalue weighted by Crippen LogP contribution is 2.07. The van der Waals surface area contributed by atoms with E-state index in [1.54, 1.807) is 4.68 Å². The van der Waals surface area contributed by atoms with Crippen LogP contribution in [-0.2, 0) is 18.4 Å². The van der Waals surface area contributed by atoms with Crippen molar-refractivity contribution in [3.8, 4) is 0 Å². The first kappa shape index (κ1) is 15.6. The zero-order chi connectivity index (χ0) is 15.4. The van der Waals surface area contributed by atoms with Crippen molar-refractivity contribution in [1.82, 2.24) is 25.3 Å². The van der Waals surface area contributed by atoms with E-state index in [4.69, 9.17) is 0 Å². The highest BCUT2D eigenvalue weighted by molar-refractivity contribution is 5.92. The summed E-state index contributed by atoms with van der Waals surface area (Å²) in [5, 5.41) is 10.6. The Morgan fingerprint density at radius 3 is 3.00 bits per heavy atom. The molecule has 0 saturated carbocycles. The largest absolute Gasteiger partial charge is 0.372 e. The van der Waals surface area contributed by atoms with Gasteiger partial charge in [0.15, 0.2) is 0 Å². The maximum absolute atomic E-state index is 12.2. The Kier molecular flexibility index (Phi) is 5.01. The topological polar surface area (TPSA) is 62.2 Å². The van der Waals surface area contributed by atoms with Crippen LogP contribution >= 0.6 is 0 Å². The lowest BCUT2D eigenvalue weighted by Crippen LogP contribution is -2.47. The summed E-state index contributed by atoms with van der Waals surface area (Å²) in [4.78, 5) is 14.4. The molecule has 1 fully saturated rings. The van der Waals surface area contributed by atoms with Crippen LogP contribution in [0.3, 0.4) is 0 Å². The van der Waals surface area contributed by atoms with Crippen LogP contribution in [0.5, 0.6) is 0 Å². The van der Waals surface area contributed by atoms with Crippen LogP contribution in [0.15, 0.2) is 18.0 Å². The van der Waals surface area contributed by atoms with E-state index >= 15 is 0 Å². The maximum atomic E-state index is 12.2. The van der Waals surface area contributed by atoms with Crippen LogP contribution in [-0.4, -0.2) is 46.3 Å². The number of rotatable bonds is 4. The molecule has 1 saturated heterocycles. The summed E-state index contributed by atoms with van der Waals surface area (Å²) in [5.41, 5.74) is 2.75. The van der Waals surface area contributed by atoms with Crippen molar-refractivity contribution in [2.75, 3.05) is 19.6 Å². The molecule has 0 bridgehead atoms. The van der Waals surface area contributed by atoms with Gasteiger partial charge >= 0.3 is 0 Å². The predicted molar refractivity (Wildman–Crippen MR) is 82.6 cm³/mol. The van der Waals surface area contributed by atoms with Crippen LogP contribution in [0.2, 0.25) is 0 Å². The molecular formula is C15H25N5O. The van der Waals surface area contributed by atoms with Crippen molar-refractivity contribution >= 4 is 5.91 Å². The summed E-state index contributed by atoms with van der Waals surface area (Å²) in [6.07, 6.45) is 3.91. The SMILES string of the molecule is C/C(=C\N1CCNCC1C)C(=O)NCc1cn(C)nc1C. The number of hydrogen-bond acceptors (Lipinski definition) is 4. The molecule has 2 rings (SSSR count). The van der Waals surface area contributed by atoms with Crippen molar-refractivity contribution in [1.29, 1.82) is 0 Å². The molecule has 1 aliphatic rings. The Bertz CT molecular complexity index is 534. The summed E-state index contributed by atoms with van der Waals surface area (Å²) in [5.74, 6) is -0.0241. The Morgan fingerprint density at radius 1 is 1.62 bits per heavy atom. The smallest absolute Gasteiger partial charge is 0.248 e. The van der Waals surface area contributed by atoms with Gasteiger partial charge in [0.1, 0.15) is 0 Å². The predicted octanol–water partition coefficient (Wildman–Crippen LogP) is 0.542. The van der Waals surface area contributed by atoms with Gasteiger partial charge in [0.25, 0.3) is 0 Å². The summed E-state index contributed by atoms with van der Waals surface area (Å²) < 4.78 is 1.77. The molecule has 1 atom stereocenters. The average Bonchev–Trinajstić information content (AvgIpc) is 2.76. The third kappa shape index (κ3) is 4.07. The van der Waals surface area contributed by atoms with Crippen molar-refractivity contribution < 1.29 is 4.79 Å². The fraction of sp³-hybridized carbons (Fsp3) is 0.600. The molecule has 1 amide bonds. The minimum absolute atomic E-state index is 0.0241. The summed E-state index contributed by atoms with van der Waals surface area (Å²) in [6, 6.07) is 0.419. The lowest BCUT2D eigenvalue weighted by atomic mass is 10.2. The first-order valence-electron chi connectivity index (χ1n) is 7.39. The molecule has 2 N–H and O–H groups in total. The molecule has 21 heavy (non-hydrogen) atoms. The van der Waals surface area contributed by atoms with E-state index in [2.05, 4.69) is 27.6 Å². The highest BCUT2D eigenvalue weighted by atomic mass is 16.1. The van der Waals surface area contributed by atoms with Gasteiger partial charge in [-0.15, -0.1) is 0 Å². The number of amides is 1. The van der Waals surface area contributed by atoms with Gasteiger partial charge in [-0.2, -0.15) is 5.10 Å². The summed E-state index contributed by atoms with van der Waals surface area (Å²) in [6.45, 7) is 9.35. The maximum Gasteiger partial charge on any atom is 0.248 e. The monoisotopic (exact) mass is 291 g/mol. The van der Waals surface area contributed by atoms with Crippen molar-refractivity contribution in [2.45, 2.75) is 33.4 Å². The van der Waals surface area contributed by atoms with Gasteiger partial charge in [-0.25, -0.2) is 0 Å². The molecule has 2 heterocycles. The molecule has 0 radical (unpaired) electrons. The van der Waals surface area contributed by atoms with Crippen LogP contribution in [0, 0.1) is 6.92 Å². The first-order chi connectivity index (χ1) is 9.97. The quantitative estimate of drug-likeness (QED) is 0.795. The number of nitrogens with zero attached hydrogens (tertiary/aromatic N) is 3. The standard InChI is InChI=1S/C15H25N5O/c1-11(9-20-6-5-16-7-12(20)2)15(21)17-8-14-10-19(4)18-13(14)3/h9-10,12,16H,5-8H2,1-4H3,(H,17,21)/b11-9+. The normalized spacial score (nSPS) is 19.7. The number of piperazine rings is 1. The molecule has 6 heteroatoms. The van der Waals surface area contributed by atoms with E-state index in [-0.39, 0.29) is 5.91 Å².